The molecular formula is C17H17ClFNO7S. The molecule has 0 saturated heterocycles. The largest absolute Gasteiger partial charge is 0.493 e. The van der Waals surface area contributed by atoms with Gasteiger partial charge in [-0.1, -0.05) is 11.6 Å². The number of anilines is 1. The lowest BCUT2D eigenvalue weighted by atomic mass is 10.1. The molecule has 0 fully saturated rings. The second kappa shape index (κ2) is 8.53. The number of methoxy groups -OCH3 is 4. The number of hydrogen-bond acceptors (Lipinski definition) is 7. The summed E-state index contributed by atoms with van der Waals surface area (Å²) in [5, 5.41) is -0.379. The highest BCUT2D eigenvalue weighted by Crippen LogP contribution is 2.46. The fraction of sp³-hybridized carbons (Fsp3) is 0.235. The highest BCUT2D eigenvalue weighted by atomic mass is 35.5. The van der Waals surface area contributed by atoms with Gasteiger partial charge in [-0.05, 0) is 18.2 Å². The lowest BCUT2D eigenvalue weighted by Crippen LogP contribution is -2.18. The van der Waals surface area contributed by atoms with Crippen molar-refractivity contribution in [1.82, 2.24) is 0 Å². The van der Waals surface area contributed by atoms with Gasteiger partial charge in [0, 0.05) is 6.07 Å². The van der Waals surface area contributed by atoms with Gasteiger partial charge in [-0.2, -0.15) is 0 Å². The van der Waals surface area contributed by atoms with Gasteiger partial charge in [-0.15, -0.1) is 0 Å². The number of ether oxygens (including phenoxy) is 4. The van der Waals surface area contributed by atoms with E-state index in [0.717, 1.165) is 25.3 Å². The maximum Gasteiger partial charge on any atom is 0.340 e. The molecule has 0 spiro atoms. The fourth-order valence-corrected chi connectivity index (χ4v) is 3.72. The average molecular weight is 434 g/mol. The third-order valence-electron chi connectivity index (χ3n) is 3.67. The Balaban J connectivity index is 2.71. The number of sulfonamides is 1. The number of esters is 1. The average Bonchev–Trinajstić information content (AvgIpc) is 2.68. The molecule has 28 heavy (non-hydrogen) atoms. The van der Waals surface area contributed by atoms with Crippen LogP contribution >= 0.6 is 11.6 Å². The van der Waals surface area contributed by atoms with Crippen molar-refractivity contribution in [2.45, 2.75) is 4.90 Å². The van der Waals surface area contributed by atoms with E-state index in [1.165, 1.54) is 27.4 Å². The molecule has 0 aliphatic heterocycles. The predicted molar refractivity (Wildman–Crippen MR) is 99.7 cm³/mol. The molecule has 0 atom stereocenters. The summed E-state index contributed by atoms with van der Waals surface area (Å²) in [4.78, 5) is 11.9. The fourth-order valence-electron chi connectivity index (χ4n) is 2.37. The van der Waals surface area contributed by atoms with E-state index in [1.807, 2.05) is 0 Å². The van der Waals surface area contributed by atoms with E-state index in [0.29, 0.717) is 0 Å². The van der Waals surface area contributed by atoms with Crippen LogP contribution in [0.15, 0.2) is 29.2 Å². The summed E-state index contributed by atoms with van der Waals surface area (Å²) in [7, 11) is 0.756. The lowest BCUT2D eigenvalue weighted by molar-refractivity contribution is 0.0601. The zero-order valence-electron chi connectivity index (χ0n) is 15.3. The molecule has 0 aliphatic carbocycles. The normalized spacial score (nSPS) is 10.9. The molecule has 0 radical (unpaired) electrons. The van der Waals surface area contributed by atoms with Crippen LogP contribution in [0.1, 0.15) is 10.4 Å². The lowest BCUT2D eigenvalue weighted by Gasteiger charge is -2.19. The molecular weight excluding hydrogens is 417 g/mol. The Morgan fingerprint density at radius 2 is 1.68 bits per heavy atom. The number of halogens is 2. The number of benzene rings is 2. The number of rotatable bonds is 7. The van der Waals surface area contributed by atoms with Crippen LogP contribution in [0.4, 0.5) is 10.1 Å². The molecule has 0 aliphatic rings. The minimum absolute atomic E-state index is 0.0486. The van der Waals surface area contributed by atoms with E-state index in [1.54, 1.807) is 0 Å². The second-order valence-corrected chi connectivity index (χ2v) is 7.33. The number of hydrogen-bond donors (Lipinski definition) is 1. The molecule has 0 aromatic heterocycles. The summed E-state index contributed by atoms with van der Waals surface area (Å²) in [6.45, 7) is 0. The first kappa shape index (κ1) is 21.6. The van der Waals surface area contributed by atoms with Crippen molar-refractivity contribution in [3.05, 3.63) is 40.7 Å². The molecule has 0 unspecified atom stereocenters. The molecule has 8 nitrogen and oxygen atoms in total. The summed E-state index contributed by atoms with van der Waals surface area (Å²) in [6.07, 6.45) is 0. The standard InChI is InChI=1S/C17H17ClFNO7S/c1-24-13-8-10(17(21)27-4)14(16(26-3)15(13)25-2)20-28(22,23)9-5-6-12(19)11(18)7-9/h5-8,20H,1-4H3. The van der Waals surface area contributed by atoms with E-state index in [4.69, 9.17) is 30.5 Å². The molecule has 2 aromatic carbocycles. The van der Waals surface area contributed by atoms with Gasteiger partial charge in [0.05, 0.1) is 43.9 Å². The van der Waals surface area contributed by atoms with Gasteiger partial charge in [0.25, 0.3) is 10.0 Å². The predicted octanol–water partition coefficient (Wildman–Crippen LogP) is 3.09. The highest BCUT2D eigenvalue weighted by molar-refractivity contribution is 7.92. The Hall–Kier alpha value is -2.72. The highest BCUT2D eigenvalue weighted by Gasteiger charge is 2.28. The van der Waals surface area contributed by atoms with E-state index in [2.05, 4.69) is 4.72 Å². The van der Waals surface area contributed by atoms with Crippen LogP contribution in [-0.2, 0) is 14.8 Å². The van der Waals surface area contributed by atoms with Gasteiger partial charge < -0.3 is 18.9 Å². The van der Waals surface area contributed by atoms with Gasteiger partial charge in [-0.3, -0.25) is 4.72 Å². The Morgan fingerprint density at radius 1 is 1.04 bits per heavy atom. The molecule has 1 N–H and O–H groups in total. The molecule has 0 saturated carbocycles. The van der Waals surface area contributed by atoms with Gasteiger partial charge in [0.2, 0.25) is 5.75 Å². The van der Waals surface area contributed by atoms with Crippen molar-refractivity contribution in [1.29, 1.82) is 0 Å². The number of carbonyl (C=O) groups excluding carboxylic acids is 1. The summed E-state index contributed by atoms with van der Waals surface area (Å²) in [5.74, 6) is -1.58. The summed E-state index contributed by atoms with van der Waals surface area (Å²) in [6, 6.07) is 4.10. The zero-order chi connectivity index (χ0) is 21.1. The van der Waals surface area contributed by atoms with E-state index in [-0.39, 0.29) is 38.4 Å². The van der Waals surface area contributed by atoms with Crippen LogP contribution in [0, 0.1) is 5.82 Å². The van der Waals surface area contributed by atoms with E-state index < -0.39 is 21.8 Å². The second-order valence-electron chi connectivity index (χ2n) is 5.24. The van der Waals surface area contributed by atoms with Gasteiger partial charge in [0.1, 0.15) is 11.5 Å². The van der Waals surface area contributed by atoms with Crippen molar-refractivity contribution < 1.29 is 36.6 Å². The first-order valence-corrected chi connectivity index (χ1v) is 9.45. The van der Waals surface area contributed by atoms with Crippen LogP contribution in [0.25, 0.3) is 0 Å². The molecule has 0 bridgehead atoms. The molecule has 2 rings (SSSR count). The van der Waals surface area contributed by atoms with Crippen LogP contribution in [-0.4, -0.2) is 42.8 Å². The first-order valence-electron chi connectivity index (χ1n) is 7.59. The minimum Gasteiger partial charge on any atom is -0.493 e. The Labute approximate surface area is 166 Å². The van der Waals surface area contributed by atoms with Gasteiger partial charge >= 0.3 is 5.97 Å². The van der Waals surface area contributed by atoms with Crippen molar-refractivity contribution in [3.63, 3.8) is 0 Å². The minimum atomic E-state index is -4.28. The smallest absolute Gasteiger partial charge is 0.340 e. The number of nitrogens with one attached hydrogen (secondary N) is 1. The third-order valence-corrected chi connectivity index (χ3v) is 5.31. The Bertz CT molecular complexity index is 1010. The quantitative estimate of drug-likeness (QED) is 0.669. The van der Waals surface area contributed by atoms with Gasteiger partial charge in [0.15, 0.2) is 11.5 Å². The van der Waals surface area contributed by atoms with Crippen molar-refractivity contribution in [2.24, 2.45) is 0 Å². The summed E-state index contributed by atoms with van der Waals surface area (Å²) >= 11 is 5.67. The van der Waals surface area contributed by atoms with Crippen LogP contribution in [0.2, 0.25) is 5.02 Å². The molecule has 0 amide bonds. The number of carbonyl (C=O) groups is 1. The van der Waals surface area contributed by atoms with Crippen molar-refractivity contribution in [3.8, 4) is 17.2 Å². The first-order chi connectivity index (χ1) is 13.2. The zero-order valence-corrected chi connectivity index (χ0v) is 16.9. The molecule has 0 heterocycles. The van der Waals surface area contributed by atoms with E-state index in [9.17, 15) is 17.6 Å². The van der Waals surface area contributed by atoms with Crippen molar-refractivity contribution >= 4 is 33.3 Å². The SMILES string of the molecule is COC(=O)c1cc(OC)c(OC)c(OC)c1NS(=O)(=O)c1ccc(F)c(Cl)c1. The topological polar surface area (TPSA) is 100 Å². The summed E-state index contributed by atoms with van der Waals surface area (Å²) in [5.41, 5.74) is -0.429. The van der Waals surface area contributed by atoms with Crippen LogP contribution < -0.4 is 18.9 Å². The monoisotopic (exact) mass is 433 g/mol. The maximum atomic E-state index is 13.4. The van der Waals surface area contributed by atoms with Gasteiger partial charge in [-0.25, -0.2) is 17.6 Å². The van der Waals surface area contributed by atoms with Crippen LogP contribution in [0.5, 0.6) is 17.2 Å². The van der Waals surface area contributed by atoms with Crippen LogP contribution in [0.3, 0.4) is 0 Å². The third kappa shape index (κ3) is 4.07. The van der Waals surface area contributed by atoms with E-state index >= 15 is 0 Å². The van der Waals surface area contributed by atoms with Crippen molar-refractivity contribution in [2.75, 3.05) is 33.2 Å². The maximum absolute atomic E-state index is 13.4. The summed E-state index contributed by atoms with van der Waals surface area (Å²) < 4.78 is 61.5. The molecule has 152 valence electrons. The molecule has 2 aromatic rings. The Kier molecular flexibility index (Phi) is 6.57. The Morgan fingerprint density at radius 3 is 2.18 bits per heavy atom. The molecule has 11 heteroatoms.